The van der Waals surface area contributed by atoms with Crippen LogP contribution in [0.2, 0.25) is 0 Å². The molecule has 3 heterocycles. The van der Waals surface area contributed by atoms with E-state index >= 15 is 0 Å². The molecule has 0 radical (unpaired) electrons. The number of nitrogens with zero attached hydrogens (tertiary/aromatic N) is 3. The third-order valence-electron chi connectivity index (χ3n) is 5.91. The van der Waals surface area contributed by atoms with Crippen molar-refractivity contribution in [2.24, 2.45) is 5.92 Å². The number of furan rings is 1. The minimum absolute atomic E-state index is 0.101. The molecule has 4 rings (SSSR count). The Labute approximate surface area is 155 Å². The summed E-state index contributed by atoms with van der Waals surface area (Å²) in [5.41, 5.74) is 1.42. The van der Waals surface area contributed by atoms with Crippen LogP contribution < -0.4 is 0 Å². The van der Waals surface area contributed by atoms with Crippen molar-refractivity contribution >= 4 is 16.9 Å². The summed E-state index contributed by atoms with van der Waals surface area (Å²) >= 11 is 0. The lowest BCUT2D eigenvalue weighted by Gasteiger charge is -2.38. The van der Waals surface area contributed by atoms with Crippen LogP contribution in [0.15, 0.2) is 28.7 Å². The Balaban J connectivity index is 1.36. The highest BCUT2D eigenvalue weighted by atomic mass is 16.3. The first-order valence-electron chi connectivity index (χ1n) is 9.79. The van der Waals surface area contributed by atoms with Crippen LogP contribution in [0.4, 0.5) is 0 Å². The van der Waals surface area contributed by atoms with Gasteiger partial charge in [-0.1, -0.05) is 12.1 Å². The number of piperazine rings is 1. The molecule has 5 nitrogen and oxygen atoms in total. The molecule has 2 aliphatic heterocycles. The number of para-hydroxylation sites is 1. The number of benzene rings is 1. The monoisotopic (exact) mass is 355 g/mol. The lowest BCUT2D eigenvalue weighted by molar-refractivity contribution is 0.0595. The van der Waals surface area contributed by atoms with Gasteiger partial charge in [-0.15, -0.1) is 0 Å². The second kappa shape index (κ2) is 7.41. The van der Waals surface area contributed by atoms with E-state index in [0.29, 0.717) is 5.56 Å². The van der Waals surface area contributed by atoms with E-state index in [9.17, 15) is 4.79 Å². The highest BCUT2D eigenvalue weighted by molar-refractivity contribution is 6.05. The van der Waals surface area contributed by atoms with Crippen LogP contribution >= 0.6 is 0 Å². The largest absolute Gasteiger partial charge is 0.461 e. The fourth-order valence-corrected chi connectivity index (χ4v) is 4.27. The Hall–Kier alpha value is -1.85. The zero-order chi connectivity index (χ0) is 18.1. The maximum atomic E-state index is 13.0. The van der Waals surface area contributed by atoms with Crippen LogP contribution in [0.1, 0.15) is 29.0 Å². The summed E-state index contributed by atoms with van der Waals surface area (Å²) < 4.78 is 5.78. The SMILES string of the molecule is Cc1cc2cccc(C(=O)N3CCN(CC4CCN(C)CC4)CC3)c2o1. The standard InChI is InChI=1S/C21H29N3O2/c1-16-14-18-4-3-5-19(20(18)26-16)21(25)24-12-10-23(11-13-24)15-17-6-8-22(2)9-7-17/h3-5,14,17H,6-13,15H2,1-2H3. The van der Waals surface area contributed by atoms with Crippen molar-refractivity contribution in [3.63, 3.8) is 0 Å². The maximum absolute atomic E-state index is 13.0. The van der Waals surface area contributed by atoms with Crippen LogP contribution in [0, 0.1) is 12.8 Å². The molecule has 1 amide bonds. The number of carbonyl (C=O) groups excluding carboxylic acids is 1. The first kappa shape index (κ1) is 17.6. The van der Waals surface area contributed by atoms with E-state index in [4.69, 9.17) is 4.42 Å². The number of aryl methyl sites for hydroxylation is 1. The molecule has 1 aromatic carbocycles. The molecule has 2 aromatic rings. The summed E-state index contributed by atoms with van der Waals surface area (Å²) in [5, 5.41) is 1.01. The van der Waals surface area contributed by atoms with Crippen LogP contribution in [-0.2, 0) is 0 Å². The zero-order valence-electron chi connectivity index (χ0n) is 15.9. The van der Waals surface area contributed by atoms with Gasteiger partial charge in [-0.2, -0.15) is 0 Å². The fraction of sp³-hybridized carbons (Fsp3) is 0.571. The number of piperidine rings is 1. The topological polar surface area (TPSA) is 39.9 Å². The molecule has 2 saturated heterocycles. The van der Waals surface area contributed by atoms with Crippen LogP contribution in [0.3, 0.4) is 0 Å². The fourth-order valence-electron chi connectivity index (χ4n) is 4.27. The second-order valence-electron chi connectivity index (χ2n) is 7.92. The Bertz CT molecular complexity index is 769. The molecular weight excluding hydrogens is 326 g/mol. The molecule has 0 saturated carbocycles. The van der Waals surface area contributed by atoms with Crippen molar-refractivity contribution in [3.05, 3.63) is 35.6 Å². The minimum atomic E-state index is 0.101. The first-order valence-corrected chi connectivity index (χ1v) is 9.79. The van der Waals surface area contributed by atoms with Gasteiger partial charge in [0, 0.05) is 38.1 Å². The number of rotatable bonds is 3. The number of fused-ring (bicyclic) bond motifs is 1. The minimum Gasteiger partial charge on any atom is -0.461 e. The van der Waals surface area contributed by atoms with Crippen molar-refractivity contribution in [2.75, 3.05) is 52.9 Å². The Morgan fingerprint density at radius 3 is 2.58 bits per heavy atom. The van der Waals surface area contributed by atoms with E-state index in [0.717, 1.165) is 48.8 Å². The van der Waals surface area contributed by atoms with Crippen molar-refractivity contribution in [1.29, 1.82) is 0 Å². The molecule has 0 bridgehead atoms. The second-order valence-corrected chi connectivity index (χ2v) is 7.92. The van der Waals surface area contributed by atoms with Crippen molar-refractivity contribution in [2.45, 2.75) is 19.8 Å². The molecule has 0 spiro atoms. The van der Waals surface area contributed by atoms with Crippen LogP contribution in [-0.4, -0.2) is 73.5 Å². The molecule has 0 atom stereocenters. The van der Waals surface area contributed by atoms with E-state index in [1.54, 1.807) is 0 Å². The molecule has 2 aliphatic rings. The van der Waals surface area contributed by atoms with Gasteiger partial charge in [0.1, 0.15) is 11.3 Å². The van der Waals surface area contributed by atoms with Gasteiger partial charge in [0.05, 0.1) is 5.56 Å². The van der Waals surface area contributed by atoms with Crippen molar-refractivity contribution < 1.29 is 9.21 Å². The Morgan fingerprint density at radius 1 is 1.12 bits per heavy atom. The summed E-state index contributed by atoms with van der Waals surface area (Å²) in [4.78, 5) is 19.9. The van der Waals surface area contributed by atoms with Gasteiger partial charge in [-0.3, -0.25) is 9.69 Å². The quantitative estimate of drug-likeness (QED) is 0.849. The molecule has 26 heavy (non-hydrogen) atoms. The third kappa shape index (κ3) is 3.64. The first-order chi connectivity index (χ1) is 12.6. The predicted octanol–water partition coefficient (Wildman–Crippen LogP) is 2.84. The highest BCUT2D eigenvalue weighted by Gasteiger charge is 2.26. The number of carbonyl (C=O) groups is 1. The van der Waals surface area contributed by atoms with Gasteiger partial charge >= 0.3 is 0 Å². The molecular formula is C21H29N3O2. The smallest absolute Gasteiger partial charge is 0.257 e. The molecule has 140 valence electrons. The van der Waals surface area contributed by atoms with Gasteiger partial charge in [-0.25, -0.2) is 0 Å². The van der Waals surface area contributed by atoms with Gasteiger partial charge < -0.3 is 14.2 Å². The van der Waals surface area contributed by atoms with E-state index in [2.05, 4.69) is 16.8 Å². The Kier molecular flexibility index (Phi) is 5.00. The summed E-state index contributed by atoms with van der Waals surface area (Å²) in [5.74, 6) is 1.76. The van der Waals surface area contributed by atoms with Crippen LogP contribution in [0.25, 0.3) is 11.0 Å². The number of amides is 1. The van der Waals surface area contributed by atoms with Crippen molar-refractivity contribution in [3.8, 4) is 0 Å². The van der Waals surface area contributed by atoms with E-state index in [1.807, 2.05) is 36.1 Å². The van der Waals surface area contributed by atoms with Gasteiger partial charge in [0.2, 0.25) is 0 Å². The average molecular weight is 355 g/mol. The normalized spacial score (nSPS) is 20.8. The van der Waals surface area contributed by atoms with E-state index in [-0.39, 0.29) is 5.91 Å². The van der Waals surface area contributed by atoms with E-state index in [1.165, 1.54) is 32.5 Å². The lowest BCUT2D eigenvalue weighted by Crippen LogP contribution is -2.50. The summed E-state index contributed by atoms with van der Waals surface area (Å²) in [6.07, 6.45) is 2.60. The lowest BCUT2D eigenvalue weighted by atomic mass is 9.96. The molecule has 0 aliphatic carbocycles. The van der Waals surface area contributed by atoms with Gasteiger partial charge in [0.15, 0.2) is 0 Å². The highest BCUT2D eigenvalue weighted by Crippen LogP contribution is 2.24. The molecule has 5 heteroatoms. The molecule has 2 fully saturated rings. The molecule has 0 N–H and O–H groups in total. The van der Waals surface area contributed by atoms with Crippen LogP contribution in [0.5, 0.6) is 0 Å². The molecule has 0 unspecified atom stereocenters. The number of hydrogen-bond donors (Lipinski definition) is 0. The van der Waals surface area contributed by atoms with Gasteiger partial charge in [0.25, 0.3) is 5.91 Å². The number of likely N-dealkylation sites (tertiary alicyclic amines) is 1. The third-order valence-corrected chi connectivity index (χ3v) is 5.91. The zero-order valence-corrected chi connectivity index (χ0v) is 15.9. The van der Waals surface area contributed by atoms with Gasteiger partial charge in [-0.05, 0) is 58.0 Å². The summed E-state index contributed by atoms with van der Waals surface area (Å²) in [6, 6.07) is 7.83. The van der Waals surface area contributed by atoms with Crippen molar-refractivity contribution in [1.82, 2.24) is 14.7 Å². The maximum Gasteiger partial charge on any atom is 0.257 e. The number of hydrogen-bond acceptors (Lipinski definition) is 4. The Morgan fingerprint density at radius 2 is 1.85 bits per heavy atom. The summed E-state index contributed by atoms with van der Waals surface area (Å²) in [6.45, 7) is 9.11. The molecule has 1 aromatic heterocycles. The average Bonchev–Trinajstić information content (AvgIpc) is 3.04. The summed E-state index contributed by atoms with van der Waals surface area (Å²) in [7, 11) is 2.21. The van der Waals surface area contributed by atoms with E-state index < -0.39 is 0 Å². The predicted molar refractivity (Wildman–Crippen MR) is 104 cm³/mol.